The molecule has 94 valence electrons. The van der Waals surface area contributed by atoms with E-state index < -0.39 is 0 Å². The van der Waals surface area contributed by atoms with Gasteiger partial charge in [0, 0.05) is 12.6 Å². The van der Waals surface area contributed by atoms with Gasteiger partial charge in [-0.05, 0) is 42.4 Å². The summed E-state index contributed by atoms with van der Waals surface area (Å²) in [5.74, 6) is 2.39. The number of benzene rings is 1. The van der Waals surface area contributed by atoms with E-state index in [2.05, 4.69) is 43.4 Å². The van der Waals surface area contributed by atoms with E-state index in [0.29, 0.717) is 12.0 Å². The van der Waals surface area contributed by atoms with Crippen molar-refractivity contribution in [3.05, 3.63) is 29.8 Å². The highest BCUT2D eigenvalue weighted by molar-refractivity contribution is 5.30. The molecule has 0 aromatic heterocycles. The molecule has 2 nitrogen and oxygen atoms in total. The molecule has 2 rings (SSSR count). The third kappa shape index (κ3) is 3.22. The zero-order valence-electron chi connectivity index (χ0n) is 11.1. The lowest BCUT2D eigenvalue weighted by Gasteiger charge is -2.13. The molecule has 1 aromatic carbocycles. The Morgan fingerprint density at radius 3 is 2.59 bits per heavy atom. The molecule has 1 saturated heterocycles. The minimum Gasteiger partial charge on any atom is -0.497 e. The maximum atomic E-state index is 5.19. The average Bonchev–Trinajstić information content (AvgIpc) is 2.77. The van der Waals surface area contributed by atoms with E-state index in [1.807, 2.05) is 0 Å². The maximum Gasteiger partial charge on any atom is 0.118 e. The van der Waals surface area contributed by atoms with Crippen molar-refractivity contribution in [2.75, 3.05) is 13.7 Å². The van der Waals surface area contributed by atoms with Crippen molar-refractivity contribution >= 4 is 0 Å². The zero-order chi connectivity index (χ0) is 12.3. The van der Waals surface area contributed by atoms with Crippen LogP contribution in [0.25, 0.3) is 0 Å². The first kappa shape index (κ1) is 12.4. The van der Waals surface area contributed by atoms with Crippen molar-refractivity contribution in [3.8, 4) is 5.75 Å². The minimum absolute atomic E-state index is 0.671. The van der Waals surface area contributed by atoms with E-state index in [9.17, 15) is 0 Å². The number of ether oxygens (including phenoxy) is 1. The Hall–Kier alpha value is -1.02. The summed E-state index contributed by atoms with van der Waals surface area (Å²) in [6.07, 6.45) is 2.55. The smallest absolute Gasteiger partial charge is 0.118 e. The summed E-state index contributed by atoms with van der Waals surface area (Å²) in [7, 11) is 1.71. The molecule has 0 spiro atoms. The van der Waals surface area contributed by atoms with Crippen molar-refractivity contribution in [1.29, 1.82) is 0 Å². The van der Waals surface area contributed by atoms with Gasteiger partial charge in [0.25, 0.3) is 0 Å². The van der Waals surface area contributed by atoms with Crippen molar-refractivity contribution < 1.29 is 4.74 Å². The molecular weight excluding hydrogens is 210 g/mol. The number of methoxy groups -OCH3 is 1. The molecule has 1 N–H and O–H groups in total. The number of nitrogens with one attached hydrogen (secondary N) is 1. The average molecular weight is 233 g/mol. The molecule has 0 bridgehead atoms. The summed E-state index contributed by atoms with van der Waals surface area (Å²) in [6, 6.07) is 9.21. The van der Waals surface area contributed by atoms with Crippen LogP contribution < -0.4 is 10.1 Å². The summed E-state index contributed by atoms with van der Waals surface area (Å²) >= 11 is 0. The molecule has 0 aliphatic carbocycles. The number of hydrogen-bond acceptors (Lipinski definition) is 2. The van der Waals surface area contributed by atoms with Crippen LogP contribution in [0.15, 0.2) is 24.3 Å². The Labute approximate surface area is 104 Å². The SMILES string of the molecule is COc1ccc(C2CNC(CC(C)C)C2)cc1. The minimum atomic E-state index is 0.671. The van der Waals surface area contributed by atoms with Gasteiger partial charge in [-0.1, -0.05) is 26.0 Å². The van der Waals surface area contributed by atoms with Gasteiger partial charge in [-0.25, -0.2) is 0 Å². The second-order valence-corrected chi connectivity index (χ2v) is 5.44. The highest BCUT2D eigenvalue weighted by Crippen LogP contribution is 2.29. The molecule has 0 saturated carbocycles. The lowest BCUT2D eigenvalue weighted by molar-refractivity contribution is 0.414. The standard InChI is InChI=1S/C15H23NO/c1-11(2)8-14-9-13(10-16-14)12-4-6-15(17-3)7-5-12/h4-7,11,13-14,16H,8-10H2,1-3H3. The van der Waals surface area contributed by atoms with Crippen molar-refractivity contribution in [1.82, 2.24) is 5.32 Å². The number of hydrogen-bond donors (Lipinski definition) is 1. The van der Waals surface area contributed by atoms with Crippen LogP contribution in [0.2, 0.25) is 0 Å². The highest BCUT2D eigenvalue weighted by Gasteiger charge is 2.25. The first-order valence-corrected chi connectivity index (χ1v) is 6.56. The summed E-state index contributed by atoms with van der Waals surface area (Å²) in [5.41, 5.74) is 1.43. The Morgan fingerprint density at radius 2 is 2.00 bits per heavy atom. The fourth-order valence-electron chi connectivity index (χ4n) is 2.70. The van der Waals surface area contributed by atoms with Gasteiger partial charge in [0.05, 0.1) is 7.11 Å². The van der Waals surface area contributed by atoms with E-state index in [4.69, 9.17) is 4.74 Å². The zero-order valence-corrected chi connectivity index (χ0v) is 11.1. The molecule has 1 heterocycles. The molecule has 2 heteroatoms. The van der Waals surface area contributed by atoms with Crippen LogP contribution in [-0.2, 0) is 0 Å². The Balaban J connectivity index is 1.95. The molecule has 17 heavy (non-hydrogen) atoms. The van der Waals surface area contributed by atoms with Crippen LogP contribution in [0.4, 0.5) is 0 Å². The third-order valence-corrected chi connectivity index (χ3v) is 3.57. The maximum absolute atomic E-state index is 5.19. The fraction of sp³-hybridized carbons (Fsp3) is 0.600. The highest BCUT2D eigenvalue weighted by atomic mass is 16.5. The predicted molar refractivity (Wildman–Crippen MR) is 71.6 cm³/mol. The second kappa shape index (κ2) is 5.54. The molecule has 1 aliphatic rings. The van der Waals surface area contributed by atoms with Crippen LogP contribution >= 0.6 is 0 Å². The second-order valence-electron chi connectivity index (χ2n) is 5.44. The third-order valence-electron chi connectivity index (χ3n) is 3.57. The quantitative estimate of drug-likeness (QED) is 0.862. The van der Waals surface area contributed by atoms with Gasteiger partial charge in [-0.15, -0.1) is 0 Å². The molecular formula is C15H23NO. The molecule has 2 unspecified atom stereocenters. The van der Waals surface area contributed by atoms with Crippen LogP contribution in [0.5, 0.6) is 5.75 Å². The molecule has 1 fully saturated rings. The van der Waals surface area contributed by atoms with Crippen LogP contribution in [0, 0.1) is 5.92 Å². The monoisotopic (exact) mass is 233 g/mol. The lowest BCUT2D eigenvalue weighted by Crippen LogP contribution is -2.22. The summed E-state index contributed by atoms with van der Waals surface area (Å²) in [6.45, 7) is 5.70. The van der Waals surface area contributed by atoms with Crippen molar-refractivity contribution in [2.45, 2.75) is 38.6 Å². The van der Waals surface area contributed by atoms with Gasteiger partial charge in [-0.2, -0.15) is 0 Å². The topological polar surface area (TPSA) is 21.3 Å². The molecule has 0 amide bonds. The summed E-state index contributed by atoms with van der Waals surface area (Å²) in [5, 5.41) is 3.63. The van der Waals surface area contributed by atoms with Crippen molar-refractivity contribution in [2.24, 2.45) is 5.92 Å². The number of rotatable bonds is 4. The van der Waals surface area contributed by atoms with Gasteiger partial charge in [-0.3, -0.25) is 0 Å². The largest absolute Gasteiger partial charge is 0.497 e. The van der Waals surface area contributed by atoms with Gasteiger partial charge >= 0.3 is 0 Å². The van der Waals surface area contributed by atoms with Gasteiger partial charge < -0.3 is 10.1 Å². The predicted octanol–water partition coefficient (Wildman–Crippen LogP) is 3.19. The van der Waals surface area contributed by atoms with E-state index >= 15 is 0 Å². The summed E-state index contributed by atoms with van der Waals surface area (Å²) in [4.78, 5) is 0. The first-order valence-electron chi connectivity index (χ1n) is 6.56. The fourth-order valence-corrected chi connectivity index (χ4v) is 2.70. The van der Waals surface area contributed by atoms with Crippen LogP contribution in [-0.4, -0.2) is 19.7 Å². The summed E-state index contributed by atoms with van der Waals surface area (Å²) < 4.78 is 5.19. The first-order chi connectivity index (χ1) is 8.19. The van der Waals surface area contributed by atoms with E-state index in [1.54, 1.807) is 7.11 Å². The van der Waals surface area contributed by atoms with E-state index in [0.717, 1.165) is 18.2 Å². The van der Waals surface area contributed by atoms with Gasteiger partial charge in [0.15, 0.2) is 0 Å². The molecule has 1 aliphatic heterocycles. The molecule has 2 atom stereocenters. The van der Waals surface area contributed by atoms with Crippen molar-refractivity contribution in [3.63, 3.8) is 0 Å². The molecule has 0 radical (unpaired) electrons. The van der Waals surface area contributed by atoms with E-state index in [-0.39, 0.29) is 0 Å². The van der Waals surface area contributed by atoms with Crippen LogP contribution in [0.1, 0.15) is 38.2 Å². The van der Waals surface area contributed by atoms with Gasteiger partial charge in [0.1, 0.15) is 5.75 Å². The van der Waals surface area contributed by atoms with Gasteiger partial charge in [0.2, 0.25) is 0 Å². The normalized spacial score (nSPS) is 24.2. The Kier molecular flexibility index (Phi) is 4.06. The lowest BCUT2D eigenvalue weighted by atomic mass is 9.93. The molecule has 1 aromatic rings. The Bertz CT molecular complexity index is 344. The van der Waals surface area contributed by atoms with Crippen LogP contribution in [0.3, 0.4) is 0 Å². The van der Waals surface area contributed by atoms with E-state index in [1.165, 1.54) is 18.4 Å². The Morgan fingerprint density at radius 1 is 1.29 bits per heavy atom.